The number of carbonyl (C=O) groups excluding carboxylic acids is 2. The molecule has 0 atom stereocenters. The monoisotopic (exact) mass is 389 g/mol. The van der Waals surface area contributed by atoms with Gasteiger partial charge in [-0.2, -0.15) is 0 Å². The second-order valence-corrected chi connectivity index (χ2v) is 7.06. The first-order valence-corrected chi connectivity index (χ1v) is 10.1. The number of aromatic amines is 1. The predicted molar refractivity (Wildman–Crippen MR) is 107 cm³/mol. The van der Waals surface area contributed by atoms with Gasteiger partial charge in [-0.15, -0.1) is 5.10 Å². The van der Waals surface area contributed by atoms with Crippen LogP contribution in [0.3, 0.4) is 0 Å². The van der Waals surface area contributed by atoms with Crippen LogP contribution in [-0.2, 0) is 16.0 Å². The molecule has 7 nitrogen and oxygen atoms in total. The van der Waals surface area contributed by atoms with Crippen molar-refractivity contribution in [2.24, 2.45) is 0 Å². The van der Waals surface area contributed by atoms with E-state index in [0.717, 1.165) is 12.0 Å². The van der Waals surface area contributed by atoms with E-state index in [9.17, 15) is 9.59 Å². The molecule has 0 fully saturated rings. The molecule has 146 valence electrons. The Kier molecular flexibility index (Phi) is 7.84. The first-order chi connectivity index (χ1) is 13.0. The molecule has 0 aliphatic heterocycles. The minimum Gasteiger partial charge on any atom is -0.342 e. The van der Waals surface area contributed by atoms with E-state index < -0.39 is 0 Å². The number of likely N-dealkylation sites (N-methyl/N-ethyl adjacent to an activating group) is 2. The molecule has 8 heteroatoms. The van der Waals surface area contributed by atoms with Crippen molar-refractivity contribution in [2.45, 2.75) is 32.3 Å². The van der Waals surface area contributed by atoms with Crippen molar-refractivity contribution in [1.82, 2.24) is 25.0 Å². The maximum absolute atomic E-state index is 12.3. The quantitative estimate of drug-likeness (QED) is 0.666. The van der Waals surface area contributed by atoms with Crippen molar-refractivity contribution >= 4 is 23.6 Å². The van der Waals surface area contributed by atoms with E-state index in [4.69, 9.17) is 0 Å². The van der Waals surface area contributed by atoms with Gasteiger partial charge in [-0.05, 0) is 25.8 Å². The van der Waals surface area contributed by atoms with Crippen molar-refractivity contribution in [3.8, 4) is 11.4 Å². The maximum Gasteiger partial charge on any atom is 0.242 e. The number of aromatic nitrogens is 3. The van der Waals surface area contributed by atoms with Gasteiger partial charge in [-0.25, -0.2) is 4.98 Å². The van der Waals surface area contributed by atoms with E-state index >= 15 is 0 Å². The summed E-state index contributed by atoms with van der Waals surface area (Å²) in [7, 11) is 1.64. The molecule has 0 bridgehead atoms. The van der Waals surface area contributed by atoms with E-state index in [2.05, 4.69) is 34.2 Å². The fourth-order valence-electron chi connectivity index (χ4n) is 2.54. The summed E-state index contributed by atoms with van der Waals surface area (Å²) in [4.78, 5) is 32.0. The number of carbonyl (C=O) groups is 2. The lowest BCUT2D eigenvalue weighted by atomic mass is 10.1. The van der Waals surface area contributed by atoms with E-state index in [1.807, 2.05) is 26.0 Å². The molecule has 2 amide bonds. The lowest BCUT2D eigenvalue weighted by Crippen LogP contribution is -2.41. The Morgan fingerprint density at radius 3 is 2.33 bits per heavy atom. The van der Waals surface area contributed by atoms with Gasteiger partial charge in [-0.1, -0.05) is 43.0 Å². The summed E-state index contributed by atoms with van der Waals surface area (Å²) in [6.07, 6.45) is 0.990. The third-order valence-electron chi connectivity index (χ3n) is 4.34. The highest BCUT2D eigenvalue weighted by molar-refractivity contribution is 7.99. The van der Waals surface area contributed by atoms with Gasteiger partial charge in [0.25, 0.3) is 0 Å². The van der Waals surface area contributed by atoms with Crippen LogP contribution in [0, 0.1) is 0 Å². The zero-order valence-corrected chi connectivity index (χ0v) is 17.2. The standard InChI is InChI=1S/C19H27N5O2S/c1-5-14-8-10-15(11-9-14)18-20-19(22-21-18)27-13-17(26)23(4)12-16(25)24(6-2)7-3/h8-11H,5-7,12-13H2,1-4H3,(H,20,21,22). The Morgan fingerprint density at radius 1 is 1.07 bits per heavy atom. The summed E-state index contributed by atoms with van der Waals surface area (Å²) in [6, 6.07) is 8.14. The van der Waals surface area contributed by atoms with Crippen LogP contribution in [-0.4, -0.2) is 69.2 Å². The number of hydrogen-bond acceptors (Lipinski definition) is 5. The molecule has 1 heterocycles. The normalized spacial score (nSPS) is 10.7. The Balaban J connectivity index is 1.88. The van der Waals surface area contributed by atoms with Crippen LogP contribution < -0.4 is 0 Å². The molecule has 0 spiro atoms. The van der Waals surface area contributed by atoms with Crippen LogP contribution >= 0.6 is 11.8 Å². The molecule has 1 aromatic carbocycles. The van der Waals surface area contributed by atoms with Crippen LogP contribution in [0.5, 0.6) is 0 Å². The molecule has 2 rings (SSSR count). The number of rotatable bonds is 9. The highest BCUT2D eigenvalue weighted by Gasteiger charge is 2.17. The van der Waals surface area contributed by atoms with Crippen LogP contribution in [0.15, 0.2) is 29.4 Å². The molecule has 27 heavy (non-hydrogen) atoms. The number of nitrogens with one attached hydrogen (secondary N) is 1. The molecule has 1 N–H and O–H groups in total. The molecule has 0 unspecified atom stereocenters. The zero-order chi connectivity index (χ0) is 19.8. The van der Waals surface area contributed by atoms with E-state index in [0.29, 0.717) is 24.1 Å². The fraction of sp³-hybridized carbons (Fsp3) is 0.474. The highest BCUT2D eigenvalue weighted by atomic mass is 32.2. The number of thioether (sulfide) groups is 1. The predicted octanol–water partition coefficient (Wildman–Crippen LogP) is 2.45. The number of benzene rings is 1. The summed E-state index contributed by atoms with van der Waals surface area (Å²) >= 11 is 1.26. The second-order valence-electron chi connectivity index (χ2n) is 6.12. The van der Waals surface area contributed by atoms with Crippen molar-refractivity contribution in [1.29, 1.82) is 0 Å². The third-order valence-corrected chi connectivity index (χ3v) is 5.17. The minimum atomic E-state index is -0.126. The Morgan fingerprint density at radius 2 is 1.74 bits per heavy atom. The number of nitrogens with zero attached hydrogens (tertiary/aromatic N) is 4. The Hall–Kier alpha value is -2.35. The van der Waals surface area contributed by atoms with Crippen molar-refractivity contribution in [3.63, 3.8) is 0 Å². The van der Waals surface area contributed by atoms with Gasteiger partial charge >= 0.3 is 0 Å². The SMILES string of the molecule is CCc1ccc(-c2nc(SCC(=O)N(C)CC(=O)N(CC)CC)n[nH]2)cc1. The van der Waals surface area contributed by atoms with Gasteiger partial charge in [-0.3, -0.25) is 14.7 Å². The van der Waals surface area contributed by atoms with Crippen LogP contribution in [0.2, 0.25) is 0 Å². The summed E-state index contributed by atoms with van der Waals surface area (Å²) in [6.45, 7) is 7.34. The lowest BCUT2D eigenvalue weighted by molar-refractivity contribution is -0.137. The van der Waals surface area contributed by atoms with Crippen LogP contribution in [0.25, 0.3) is 11.4 Å². The lowest BCUT2D eigenvalue weighted by Gasteiger charge is -2.23. The summed E-state index contributed by atoms with van der Waals surface area (Å²) in [5.41, 5.74) is 2.22. The molecular weight excluding hydrogens is 362 g/mol. The van der Waals surface area contributed by atoms with Crippen molar-refractivity contribution in [3.05, 3.63) is 29.8 Å². The molecule has 0 aliphatic rings. The van der Waals surface area contributed by atoms with Crippen LogP contribution in [0.1, 0.15) is 26.3 Å². The van der Waals surface area contributed by atoms with Gasteiger partial charge < -0.3 is 9.80 Å². The fourth-order valence-corrected chi connectivity index (χ4v) is 3.28. The van der Waals surface area contributed by atoms with E-state index in [-0.39, 0.29) is 24.1 Å². The first kappa shape index (κ1) is 21.0. The minimum absolute atomic E-state index is 0.0449. The van der Waals surface area contributed by atoms with Gasteiger partial charge in [0.2, 0.25) is 17.0 Å². The van der Waals surface area contributed by atoms with Gasteiger partial charge in [0.1, 0.15) is 0 Å². The van der Waals surface area contributed by atoms with E-state index in [1.54, 1.807) is 11.9 Å². The number of aryl methyl sites for hydroxylation is 1. The highest BCUT2D eigenvalue weighted by Crippen LogP contribution is 2.20. The Labute approximate surface area is 164 Å². The summed E-state index contributed by atoms with van der Waals surface area (Å²) in [5.74, 6) is 0.696. The van der Waals surface area contributed by atoms with Crippen molar-refractivity contribution < 1.29 is 9.59 Å². The first-order valence-electron chi connectivity index (χ1n) is 9.14. The molecule has 1 aromatic heterocycles. The number of H-pyrrole nitrogens is 1. The zero-order valence-electron chi connectivity index (χ0n) is 16.4. The number of amides is 2. The third kappa shape index (κ3) is 5.82. The molecule has 0 aliphatic carbocycles. The Bertz CT molecular complexity index is 756. The van der Waals surface area contributed by atoms with Gasteiger partial charge in [0.15, 0.2) is 5.82 Å². The van der Waals surface area contributed by atoms with E-state index in [1.165, 1.54) is 22.2 Å². The summed E-state index contributed by atoms with van der Waals surface area (Å²) < 4.78 is 0. The molecule has 2 aromatic rings. The molecular formula is C19H27N5O2S. The second kappa shape index (κ2) is 10.1. The average Bonchev–Trinajstić information content (AvgIpc) is 3.16. The van der Waals surface area contributed by atoms with Crippen LogP contribution in [0.4, 0.5) is 0 Å². The van der Waals surface area contributed by atoms with Crippen molar-refractivity contribution in [2.75, 3.05) is 32.4 Å². The molecule has 0 saturated carbocycles. The average molecular weight is 390 g/mol. The molecule has 0 saturated heterocycles. The smallest absolute Gasteiger partial charge is 0.242 e. The largest absolute Gasteiger partial charge is 0.342 e. The number of hydrogen-bond donors (Lipinski definition) is 1. The maximum atomic E-state index is 12.3. The topological polar surface area (TPSA) is 82.2 Å². The summed E-state index contributed by atoms with van der Waals surface area (Å²) in [5, 5.41) is 7.59. The van der Waals surface area contributed by atoms with Gasteiger partial charge in [0.05, 0.1) is 12.3 Å². The molecule has 0 radical (unpaired) electrons. The van der Waals surface area contributed by atoms with Gasteiger partial charge in [0, 0.05) is 25.7 Å².